The van der Waals surface area contributed by atoms with E-state index in [2.05, 4.69) is 5.32 Å². The maximum absolute atomic E-state index is 10.7. The number of aldehydes is 1. The van der Waals surface area contributed by atoms with Crippen LogP contribution in [-0.2, 0) is 16.1 Å². The summed E-state index contributed by atoms with van der Waals surface area (Å²) in [6.45, 7) is 0.276. The highest BCUT2D eigenvalue weighted by Crippen LogP contribution is 2.27. The van der Waals surface area contributed by atoms with E-state index in [1.165, 1.54) is 7.11 Å². The van der Waals surface area contributed by atoms with E-state index in [1.807, 2.05) is 0 Å². The number of benzene rings is 1. The molecule has 0 unspecified atom stereocenters. The van der Waals surface area contributed by atoms with Crippen LogP contribution in [0.15, 0.2) is 18.2 Å². The van der Waals surface area contributed by atoms with Crippen LogP contribution in [0.25, 0.3) is 0 Å². The number of carbonyl (C=O) groups is 2. The van der Waals surface area contributed by atoms with Gasteiger partial charge in [0.1, 0.15) is 0 Å². The molecule has 0 heterocycles. The third-order valence-electron chi connectivity index (χ3n) is 2.02. The fourth-order valence-electron chi connectivity index (χ4n) is 1.22. The van der Waals surface area contributed by atoms with Crippen LogP contribution >= 0.6 is 0 Å². The lowest BCUT2D eigenvalue weighted by Gasteiger charge is -2.09. The molecule has 0 spiro atoms. The molecule has 5 heteroatoms. The molecule has 0 atom stereocenters. The molecule has 1 N–H and O–H groups in total. The third-order valence-corrected chi connectivity index (χ3v) is 2.02. The molecule has 0 fully saturated rings. The van der Waals surface area contributed by atoms with Gasteiger partial charge < -0.3 is 14.8 Å². The van der Waals surface area contributed by atoms with Gasteiger partial charge in [-0.05, 0) is 17.7 Å². The van der Waals surface area contributed by atoms with Crippen LogP contribution in [0.4, 0.5) is 0 Å². The topological polar surface area (TPSA) is 64.6 Å². The number of amides is 1. The third kappa shape index (κ3) is 2.98. The zero-order valence-corrected chi connectivity index (χ0v) is 9.15. The normalized spacial score (nSPS) is 9.38. The van der Waals surface area contributed by atoms with Crippen LogP contribution in [-0.4, -0.2) is 26.4 Å². The standard InChI is InChI=1S/C11H13NO4/c1-15-9-4-3-8(5-10(9)16-2)6-12-11(14)7-13/h3-5,7H,6H2,1-2H3,(H,12,14). The van der Waals surface area contributed by atoms with E-state index < -0.39 is 5.91 Å². The van der Waals surface area contributed by atoms with E-state index in [9.17, 15) is 9.59 Å². The highest BCUT2D eigenvalue weighted by molar-refractivity contribution is 6.23. The highest BCUT2D eigenvalue weighted by Gasteiger charge is 2.05. The second-order valence-electron chi connectivity index (χ2n) is 3.02. The van der Waals surface area contributed by atoms with Crippen molar-refractivity contribution in [2.75, 3.05) is 14.2 Å². The Labute approximate surface area is 93.4 Å². The number of nitrogens with one attached hydrogen (secondary N) is 1. The van der Waals surface area contributed by atoms with Crippen molar-refractivity contribution >= 4 is 12.2 Å². The summed E-state index contributed by atoms with van der Waals surface area (Å²) < 4.78 is 10.2. The molecule has 0 saturated heterocycles. The van der Waals surface area contributed by atoms with Gasteiger partial charge in [-0.1, -0.05) is 6.07 Å². The summed E-state index contributed by atoms with van der Waals surface area (Å²) in [6, 6.07) is 5.26. The summed E-state index contributed by atoms with van der Waals surface area (Å²) >= 11 is 0. The Morgan fingerprint density at radius 3 is 2.56 bits per heavy atom. The van der Waals surface area contributed by atoms with E-state index in [-0.39, 0.29) is 12.8 Å². The number of ether oxygens (including phenoxy) is 2. The average molecular weight is 223 g/mol. The number of rotatable bonds is 5. The molecule has 1 aromatic rings. The molecule has 1 rings (SSSR count). The molecule has 1 aromatic carbocycles. The van der Waals surface area contributed by atoms with Crippen LogP contribution in [0.5, 0.6) is 11.5 Å². The number of hydrogen-bond donors (Lipinski definition) is 1. The van der Waals surface area contributed by atoms with Gasteiger partial charge in [0.15, 0.2) is 11.5 Å². The first kappa shape index (κ1) is 12.0. The van der Waals surface area contributed by atoms with Gasteiger partial charge in [-0.3, -0.25) is 9.59 Å². The fraction of sp³-hybridized carbons (Fsp3) is 0.273. The van der Waals surface area contributed by atoms with Crippen LogP contribution in [0.3, 0.4) is 0 Å². The summed E-state index contributed by atoms with van der Waals surface area (Å²) in [4.78, 5) is 20.8. The molecule has 5 nitrogen and oxygen atoms in total. The predicted octanol–water partition coefficient (Wildman–Crippen LogP) is 0.519. The summed E-state index contributed by atoms with van der Waals surface area (Å²) in [5.41, 5.74) is 0.827. The molecule has 86 valence electrons. The molecule has 0 aliphatic carbocycles. The van der Waals surface area contributed by atoms with Crippen LogP contribution < -0.4 is 14.8 Å². The molecule has 16 heavy (non-hydrogen) atoms. The van der Waals surface area contributed by atoms with Crippen molar-refractivity contribution in [3.8, 4) is 11.5 Å². The summed E-state index contributed by atoms with van der Waals surface area (Å²) in [6.07, 6.45) is 0.237. The Balaban J connectivity index is 2.75. The quantitative estimate of drug-likeness (QED) is 0.583. The Hall–Kier alpha value is -2.04. The van der Waals surface area contributed by atoms with E-state index in [4.69, 9.17) is 9.47 Å². The predicted molar refractivity (Wildman–Crippen MR) is 57.5 cm³/mol. The zero-order valence-electron chi connectivity index (χ0n) is 9.15. The molecule has 0 bridgehead atoms. The van der Waals surface area contributed by atoms with Crippen molar-refractivity contribution in [3.05, 3.63) is 23.8 Å². The maximum Gasteiger partial charge on any atom is 0.284 e. The molecule has 0 aliphatic heterocycles. The number of carbonyl (C=O) groups excluding carboxylic acids is 2. The van der Waals surface area contributed by atoms with Gasteiger partial charge in [0.25, 0.3) is 5.91 Å². The Kier molecular flexibility index (Phi) is 4.32. The molecule has 0 saturated carbocycles. The Morgan fingerprint density at radius 2 is 2.00 bits per heavy atom. The van der Waals surface area contributed by atoms with Gasteiger partial charge >= 0.3 is 0 Å². The van der Waals surface area contributed by atoms with Crippen molar-refractivity contribution in [2.45, 2.75) is 6.54 Å². The van der Waals surface area contributed by atoms with Gasteiger partial charge in [-0.2, -0.15) is 0 Å². The van der Waals surface area contributed by atoms with E-state index in [0.717, 1.165) is 5.56 Å². The number of methoxy groups -OCH3 is 2. The zero-order chi connectivity index (χ0) is 12.0. The molecule has 0 radical (unpaired) electrons. The minimum atomic E-state index is -0.644. The van der Waals surface area contributed by atoms with Crippen molar-refractivity contribution < 1.29 is 19.1 Å². The van der Waals surface area contributed by atoms with Crippen LogP contribution in [0, 0.1) is 0 Å². The summed E-state index contributed by atoms with van der Waals surface area (Å²) in [7, 11) is 3.08. The minimum Gasteiger partial charge on any atom is -0.493 e. The lowest BCUT2D eigenvalue weighted by molar-refractivity contribution is -0.131. The largest absolute Gasteiger partial charge is 0.493 e. The minimum absolute atomic E-state index is 0.237. The van der Waals surface area contributed by atoms with Gasteiger partial charge in [-0.25, -0.2) is 0 Å². The first-order valence-corrected chi connectivity index (χ1v) is 4.65. The van der Waals surface area contributed by atoms with Crippen molar-refractivity contribution in [1.29, 1.82) is 0 Å². The lowest BCUT2D eigenvalue weighted by atomic mass is 10.2. The second kappa shape index (κ2) is 5.75. The maximum atomic E-state index is 10.7. The van der Waals surface area contributed by atoms with Crippen LogP contribution in [0.1, 0.15) is 5.56 Å². The van der Waals surface area contributed by atoms with E-state index in [1.54, 1.807) is 25.3 Å². The van der Waals surface area contributed by atoms with Gasteiger partial charge in [0.05, 0.1) is 14.2 Å². The van der Waals surface area contributed by atoms with Crippen molar-refractivity contribution in [1.82, 2.24) is 5.32 Å². The first-order valence-electron chi connectivity index (χ1n) is 4.65. The van der Waals surface area contributed by atoms with Gasteiger partial charge in [0, 0.05) is 6.54 Å². The van der Waals surface area contributed by atoms with E-state index in [0.29, 0.717) is 11.5 Å². The molecular weight excluding hydrogens is 210 g/mol. The van der Waals surface area contributed by atoms with Crippen LogP contribution in [0.2, 0.25) is 0 Å². The lowest BCUT2D eigenvalue weighted by Crippen LogP contribution is -2.23. The summed E-state index contributed by atoms with van der Waals surface area (Å²) in [5.74, 6) is 0.558. The molecular formula is C11H13NO4. The fourth-order valence-corrected chi connectivity index (χ4v) is 1.22. The Bertz CT molecular complexity index is 390. The second-order valence-corrected chi connectivity index (χ2v) is 3.02. The Morgan fingerprint density at radius 1 is 1.31 bits per heavy atom. The molecule has 0 aromatic heterocycles. The SMILES string of the molecule is COc1ccc(CNC(=O)C=O)cc1OC. The molecule has 0 aliphatic rings. The van der Waals surface area contributed by atoms with Crippen molar-refractivity contribution in [3.63, 3.8) is 0 Å². The van der Waals surface area contributed by atoms with Crippen molar-refractivity contribution in [2.24, 2.45) is 0 Å². The smallest absolute Gasteiger partial charge is 0.284 e. The number of hydrogen-bond acceptors (Lipinski definition) is 4. The van der Waals surface area contributed by atoms with Gasteiger partial charge in [-0.15, -0.1) is 0 Å². The average Bonchev–Trinajstić information content (AvgIpc) is 2.35. The molecule has 1 amide bonds. The van der Waals surface area contributed by atoms with E-state index >= 15 is 0 Å². The summed E-state index contributed by atoms with van der Waals surface area (Å²) in [5, 5.41) is 2.43. The first-order chi connectivity index (χ1) is 7.71. The highest BCUT2D eigenvalue weighted by atomic mass is 16.5. The van der Waals surface area contributed by atoms with Gasteiger partial charge in [0.2, 0.25) is 6.29 Å². The monoisotopic (exact) mass is 223 g/mol.